The number of nitrogens with one attached hydrogen (secondary N) is 1. The van der Waals surface area contributed by atoms with Crippen molar-refractivity contribution in [3.63, 3.8) is 0 Å². The number of nitrogens with zero attached hydrogens (tertiary/aromatic N) is 1. The maximum absolute atomic E-state index is 13.7. The molecule has 0 saturated carbocycles. The molecule has 2 aromatic carbocycles. The van der Waals surface area contributed by atoms with Crippen molar-refractivity contribution < 1.29 is 19.1 Å². The second kappa shape index (κ2) is 9.08. The predicted octanol–water partition coefficient (Wildman–Crippen LogP) is 4.07. The summed E-state index contributed by atoms with van der Waals surface area (Å²) >= 11 is 2.26. The number of thioether (sulfide) groups is 1. The minimum Gasteiger partial charge on any atom is -0.462 e. The van der Waals surface area contributed by atoms with E-state index in [1.54, 1.807) is 31.2 Å². The molecular formula is C25H20N2O5S2. The van der Waals surface area contributed by atoms with Crippen LogP contribution in [0.5, 0.6) is 0 Å². The fourth-order valence-corrected chi connectivity index (χ4v) is 6.82. The van der Waals surface area contributed by atoms with Gasteiger partial charge in [-0.2, -0.15) is 0 Å². The van der Waals surface area contributed by atoms with E-state index < -0.39 is 34.9 Å². The summed E-state index contributed by atoms with van der Waals surface area (Å²) < 4.78 is 5.13. The normalized spacial score (nSPS) is 21.6. The summed E-state index contributed by atoms with van der Waals surface area (Å²) in [5, 5.41) is -0.105. The predicted molar refractivity (Wildman–Crippen MR) is 131 cm³/mol. The molecule has 1 saturated heterocycles. The number of thiazole rings is 1. The number of anilines is 1. The molecule has 7 nitrogen and oxygen atoms in total. The second-order valence-corrected chi connectivity index (χ2v) is 9.98. The van der Waals surface area contributed by atoms with E-state index in [4.69, 9.17) is 4.74 Å². The lowest BCUT2D eigenvalue weighted by atomic mass is 9.88. The van der Waals surface area contributed by atoms with Crippen molar-refractivity contribution >= 4 is 52.6 Å². The molecule has 3 aromatic rings. The molecule has 3 heterocycles. The van der Waals surface area contributed by atoms with Gasteiger partial charge in [-0.15, -0.1) is 0 Å². The van der Waals surface area contributed by atoms with Crippen LogP contribution in [0.3, 0.4) is 0 Å². The number of para-hydroxylation sites is 1. The quantitative estimate of drug-likeness (QED) is 0.426. The summed E-state index contributed by atoms with van der Waals surface area (Å²) in [7, 11) is 0. The van der Waals surface area contributed by atoms with Crippen LogP contribution < -0.4 is 9.77 Å². The molecule has 9 heteroatoms. The van der Waals surface area contributed by atoms with Crippen LogP contribution in [0.25, 0.3) is 6.08 Å². The van der Waals surface area contributed by atoms with E-state index in [0.717, 1.165) is 26.7 Å². The van der Waals surface area contributed by atoms with Gasteiger partial charge in [0.1, 0.15) is 5.25 Å². The van der Waals surface area contributed by atoms with Gasteiger partial charge < -0.3 is 9.72 Å². The average molecular weight is 493 g/mol. The largest absolute Gasteiger partial charge is 0.462 e. The lowest BCUT2D eigenvalue weighted by Gasteiger charge is -2.27. The summed E-state index contributed by atoms with van der Waals surface area (Å²) in [5.41, 5.74) is 1.32. The molecule has 0 aliphatic carbocycles. The average Bonchev–Trinajstić information content (AvgIpc) is 3.33. The number of carbonyl (C=O) groups is 3. The zero-order valence-electron chi connectivity index (χ0n) is 18.1. The van der Waals surface area contributed by atoms with E-state index in [1.807, 2.05) is 42.5 Å². The molecule has 0 bridgehead atoms. The number of benzene rings is 2. The van der Waals surface area contributed by atoms with Crippen molar-refractivity contribution in [2.75, 3.05) is 11.5 Å². The Morgan fingerprint density at radius 3 is 2.56 bits per heavy atom. The van der Waals surface area contributed by atoms with Crippen LogP contribution in [0.2, 0.25) is 0 Å². The van der Waals surface area contributed by atoms with Crippen molar-refractivity contribution in [2.45, 2.75) is 23.1 Å². The van der Waals surface area contributed by atoms with Gasteiger partial charge in [0.15, 0.2) is 0 Å². The van der Waals surface area contributed by atoms with Gasteiger partial charge in [0.25, 0.3) is 0 Å². The number of aromatic nitrogens is 1. The van der Waals surface area contributed by atoms with Gasteiger partial charge in [0.05, 0.1) is 28.8 Å². The van der Waals surface area contributed by atoms with Crippen LogP contribution in [-0.4, -0.2) is 34.6 Å². The molecule has 1 N–H and O–H groups in total. The van der Waals surface area contributed by atoms with E-state index in [2.05, 4.69) is 4.98 Å². The Kier molecular flexibility index (Phi) is 5.97. The van der Waals surface area contributed by atoms with Gasteiger partial charge in [0.2, 0.25) is 11.8 Å². The van der Waals surface area contributed by atoms with E-state index >= 15 is 0 Å². The first-order valence-electron chi connectivity index (χ1n) is 10.8. The Hall–Kier alpha value is -3.43. The molecule has 0 unspecified atom stereocenters. The first kappa shape index (κ1) is 22.4. The molecule has 1 fully saturated rings. The third kappa shape index (κ3) is 3.80. The Balaban J connectivity index is 1.57. The summed E-state index contributed by atoms with van der Waals surface area (Å²) in [6.07, 6.45) is 3.79. The van der Waals surface area contributed by atoms with Crippen LogP contribution in [0, 0.1) is 5.92 Å². The molecule has 3 atom stereocenters. The number of esters is 1. The van der Waals surface area contributed by atoms with Gasteiger partial charge in [-0.3, -0.25) is 14.4 Å². The molecule has 2 amide bonds. The molecule has 172 valence electrons. The lowest BCUT2D eigenvalue weighted by molar-refractivity contribution is -0.122. The summed E-state index contributed by atoms with van der Waals surface area (Å²) in [6, 6.07) is 16.1. The maximum atomic E-state index is 13.7. The highest BCUT2D eigenvalue weighted by Gasteiger charge is 2.55. The van der Waals surface area contributed by atoms with Gasteiger partial charge in [-0.05, 0) is 24.6 Å². The molecule has 34 heavy (non-hydrogen) atoms. The van der Waals surface area contributed by atoms with Crippen molar-refractivity contribution in [3.05, 3.63) is 86.3 Å². The van der Waals surface area contributed by atoms with Crippen LogP contribution in [0.15, 0.2) is 70.5 Å². The van der Waals surface area contributed by atoms with Crippen LogP contribution in [0.4, 0.5) is 5.69 Å². The SMILES string of the molecule is CCOC(=O)c1ccccc1N1C(=O)[C@@H]2[C@H](Sc3[nH]c(=O)sc3[C@@H]2/C=C/c2ccccc2)C1=O. The number of rotatable bonds is 5. The minimum atomic E-state index is -0.717. The lowest BCUT2D eigenvalue weighted by Crippen LogP contribution is -2.33. The maximum Gasteiger partial charge on any atom is 0.340 e. The smallest absolute Gasteiger partial charge is 0.340 e. The molecule has 0 spiro atoms. The van der Waals surface area contributed by atoms with Gasteiger partial charge in [-0.1, -0.05) is 77.7 Å². The van der Waals surface area contributed by atoms with Crippen molar-refractivity contribution in [1.82, 2.24) is 4.98 Å². The molecule has 5 rings (SSSR count). The molecule has 1 aromatic heterocycles. The van der Waals surface area contributed by atoms with E-state index in [0.29, 0.717) is 5.03 Å². The zero-order valence-corrected chi connectivity index (χ0v) is 19.7. The topological polar surface area (TPSA) is 96.5 Å². The Morgan fingerprint density at radius 1 is 1.06 bits per heavy atom. The zero-order chi connectivity index (χ0) is 23.8. The highest BCUT2D eigenvalue weighted by molar-refractivity contribution is 8.00. The third-order valence-corrected chi connectivity index (χ3v) is 8.23. The van der Waals surface area contributed by atoms with Gasteiger partial charge in [-0.25, -0.2) is 9.69 Å². The number of aromatic amines is 1. The Morgan fingerprint density at radius 2 is 1.79 bits per heavy atom. The fraction of sp³-hybridized carbons (Fsp3) is 0.200. The molecule has 0 radical (unpaired) electrons. The highest BCUT2D eigenvalue weighted by Crippen LogP contribution is 2.51. The summed E-state index contributed by atoms with van der Waals surface area (Å²) in [4.78, 5) is 56.4. The number of carbonyl (C=O) groups excluding carboxylic acids is 3. The number of fused-ring (bicyclic) bond motifs is 2. The first-order chi connectivity index (χ1) is 16.5. The fourth-order valence-electron chi connectivity index (χ4n) is 4.33. The minimum absolute atomic E-state index is 0.161. The van der Waals surface area contributed by atoms with Crippen molar-refractivity contribution in [2.24, 2.45) is 5.92 Å². The third-order valence-electron chi connectivity index (χ3n) is 5.81. The second-order valence-electron chi connectivity index (χ2n) is 7.82. The van der Waals surface area contributed by atoms with Gasteiger partial charge in [0, 0.05) is 10.8 Å². The number of hydrogen-bond acceptors (Lipinski definition) is 7. The molecular weight excluding hydrogens is 472 g/mol. The van der Waals surface area contributed by atoms with Crippen LogP contribution in [-0.2, 0) is 14.3 Å². The number of imide groups is 1. The van der Waals surface area contributed by atoms with Crippen molar-refractivity contribution in [3.8, 4) is 0 Å². The van der Waals surface area contributed by atoms with Crippen molar-refractivity contribution in [1.29, 1.82) is 0 Å². The number of H-pyrrole nitrogens is 1. The number of ether oxygens (including phenoxy) is 1. The molecule has 2 aliphatic rings. The van der Waals surface area contributed by atoms with Crippen LogP contribution >= 0.6 is 23.1 Å². The van der Waals surface area contributed by atoms with E-state index in [-0.39, 0.29) is 22.7 Å². The standard InChI is InChI=1S/C25H20N2O5S2/c1-2-32-24(30)15-10-6-7-11-17(15)27-22(28)18-16(13-12-14-8-4-3-5-9-14)19-21(26-25(31)34-19)33-20(18)23(27)29/h3-13,16,18,20H,2H2,1H3,(H,26,31)/b13-12+/t16-,18+,20+/m1/s1. The summed E-state index contributed by atoms with van der Waals surface area (Å²) in [5.74, 6) is -2.56. The van der Waals surface area contributed by atoms with E-state index in [9.17, 15) is 19.2 Å². The molecule has 2 aliphatic heterocycles. The van der Waals surface area contributed by atoms with Crippen LogP contribution in [0.1, 0.15) is 33.6 Å². The first-order valence-corrected chi connectivity index (χ1v) is 12.5. The van der Waals surface area contributed by atoms with E-state index in [1.165, 1.54) is 11.8 Å². The number of allylic oxidation sites excluding steroid dienone is 1. The highest BCUT2D eigenvalue weighted by atomic mass is 32.2. The number of hydrogen-bond donors (Lipinski definition) is 1. The number of amides is 2. The summed E-state index contributed by atoms with van der Waals surface area (Å²) in [6.45, 7) is 1.87. The monoisotopic (exact) mass is 492 g/mol. The van der Waals surface area contributed by atoms with Gasteiger partial charge >= 0.3 is 10.8 Å². The Labute approximate surface area is 203 Å². The Bertz CT molecular complexity index is 1360.